The third-order valence-corrected chi connectivity index (χ3v) is 4.40. The van der Waals surface area contributed by atoms with E-state index >= 15 is 0 Å². The molecule has 1 N–H and O–H groups in total. The standard InChI is InChI=1S/C14H24N2OS/c1-5-15-13(12-7-6-10(4)17-12)14-16-11(8-18-14)9(2)3/h8-10,12-13,15H,5-7H2,1-4H3. The molecule has 2 heterocycles. The lowest BCUT2D eigenvalue weighted by Crippen LogP contribution is -2.32. The zero-order valence-electron chi connectivity index (χ0n) is 11.8. The van der Waals surface area contributed by atoms with Crippen LogP contribution in [0, 0.1) is 0 Å². The summed E-state index contributed by atoms with van der Waals surface area (Å²) in [7, 11) is 0. The van der Waals surface area contributed by atoms with E-state index in [1.165, 1.54) is 10.7 Å². The number of likely N-dealkylation sites (N-methyl/N-ethyl adjacent to an activating group) is 1. The Labute approximate surface area is 114 Å². The smallest absolute Gasteiger partial charge is 0.113 e. The summed E-state index contributed by atoms with van der Waals surface area (Å²) in [5.74, 6) is 0.501. The molecule has 0 aliphatic carbocycles. The summed E-state index contributed by atoms with van der Waals surface area (Å²) in [6, 6.07) is 0.262. The lowest BCUT2D eigenvalue weighted by Gasteiger charge is -2.22. The van der Waals surface area contributed by atoms with E-state index in [4.69, 9.17) is 9.72 Å². The fraction of sp³-hybridized carbons (Fsp3) is 0.786. The van der Waals surface area contributed by atoms with Crippen LogP contribution in [-0.2, 0) is 4.74 Å². The van der Waals surface area contributed by atoms with Crippen LogP contribution in [0.3, 0.4) is 0 Å². The van der Waals surface area contributed by atoms with Crippen molar-refractivity contribution in [2.45, 2.75) is 64.7 Å². The van der Waals surface area contributed by atoms with Gasteiger partial charge >= 0.3 is 0 Å². The fourth-order valence-electron chi connectivity index (χ4n) is 2.39. The van der Waals surface area contributed by atoms with Gasteiger partial charge in [0, 0.05) is 5.38 Å². The van der Waals surface area contributed by atoms with Gasteiger partial charge in [0.1, 0.15) is 5.01 Å². The Balaban J connectivity index is 2.13. The summed E-state index contributed by atoms with van der Waals surface area (Å²) in [5.41, 5.74) is 1.20. The number of thiazole rings is 1. The van der Waals surface area contributed by atoms with Gasteiger partial charge in [-0.1, -0.05) is 20.8 Å². The molecule has 0 amide bonds. The van der Waals surface area contributed by atoms with Crippen LogP contribution >= 0.6 is 11.3 Å². The van der Waals surface area contributed by atoms with Crippen molar-refractivity contribution < 1.29 is 4.74 Å². The number of hydrogen-bond donors (Lipinski definition) is 1. The molecule has 18 heavy (non-hydrogen) atoms. The van der Waals surface area contributed by atoms with Gasteiger partial charge < -0.3 is 10.1 Å². The molecule has 0 saturated carbocycles. The van der Waals surface area contributed by atoms with Crippen molar-refractivity contribution in [1.29, 1.82) is 0 Å². The molecule has 0 spiro atoms. The molecule has 3 nitrogen and oxygen atoms in total. The molecule has 0 bridgehead atoms. The van der Waals surface area contributed by atoms with Gasteiger partial charge in [0.15, 0.2) is 0 Å². The van der Waals surface area contributed by atoms with Crippen LogP contribution in [0.15, 0.2) is 5.38 Å². The second-order valence-corrected chi connectivity index (χ2v) is 6.25. The number of hydrogen-bond acceptors (Lipinski definition) is 4. The Hall–Kier alpha value is -0.450. The van der Waals surface area contributed by atoms with Crippen LogP contribution in [0.1, 0.15) is 63.2 Å². The maximum absolute atomic E-state index is 6.00. The molecule has 1 fully saturated rings. The van der Waals surface area contributed by atoms with Crippen molar-refractivity contribution in [2.75, 3.05) is 6.54 Å². The molecular weight excluding hydrogens is 244 g/mol. The Morgan fingerprint density at radius 3 is 2.78 bits per heavy atom. The lowest BCUT2D eigenvalue weighted by atomic mass is 10.1. The number of nitrogens with one attached hydrogen (secondary N) is 1. The van der Waals surface area contributed by atoms with E-state index < -0.39 is 0 Å². The summed E-state index contributed by atoms with van der Waals surface area (Å²) < 4.78 is 6.00. The van der Waals surface area contributed by atoms with Crippen molar-refractivity contribution >= 4 is 11.3 Å². The summed E-state index contributed by atoms with van der Waals surface area (Å²) in [6.45, 7) is 9.63. The van der Waals surface area contributed by atoms with Crippen LogP contribution in [0.5, 0.6) is 0 Å². The van der Waals surface area contributed by atoms with Crippen molar-refractivity contribution in [1.82, 2.24) is 10.3 Å². The van der Waals surface area contributed by atoms with Crippen molar-refractivity contribution in [3.05, 3.63) is 16.1 Å². The molecule has 2 rings (SSSR count). The topological polar surface area (TPSA) is 34.2 Å². The van der Waals surface area contributed by atoms with Gasteiger partial charge in [-0.2, -0.15) is 0 Å². The maximum Gasteiger partial charge on any atom is 0.113 e. The van der Waals surface area contributed by atoms with Crippen LogP contribution in [0.4, 0.5) is 0 Å². The zero-order valence-corrected chi connectivity index (χ0v) is 12.6. The van der Waals surface area contributed by atoms with Crippen LogP contribution in [0.25, 0.3) is 0 Å². The molecule has 3 atom stereocenters. The molecule has 102 valence electrons. The normalized spacial score (nSPS) is 25.8. The maximum atomic E-state index is 6.00. The molecule has 0 radical (unpaired) electrons. The number of aromatic nitrogens is 1. The summed E-state index contributed by atoms with van der Waals surface area (Å²) in [4.78, 5) is 4.77. The third-order valence-electron chi connectivity index (χ3n) is 3.46. The first-order chi connectivity index (χ1) is 8.61. The molecule has 1 aromatic rings. The molecule has 3 unspecified atom stereocenters. The quantitative estimate of drug-likeness (QED) is 0.887. The van der Waals surface area contributed by atoms with Gasteiger partial charge in [-0.25, -0.2) is 4.98 Å². The molecule has 1 aliphatic heterocycles. The van der Waals surface area contributed by atoms with E-state index in [9.17, 15) is 0 Å². The summed E-state index contributed by atoms with van der Waals surface area (Å²) in [5, 5.41) is 6.90. The Morgan fingerprint density at radius 1 is 1.50 bits per heavy atom. The molecule has 1 aliphatic rings. The second kappa shape index (κ2) is 6.13. The highest BCUT2D eigenvalue weighted by Gasteiger charge is 2.32. The Kier molecular flexibility index (Phi) is 4.76. The van der Waals surface area contributed by atoms with Crippen molar-refractivity contribution in [3.63, 3.8) is 0 Å². The van der Waals surface area contributed by atoms with Gasteiger partial charge in [-0.05, 0) is 32.2 Å². The largest absolute Gasteiger partial charge is 0.373 e. The zero-order chi connectivity index (χ0) is 13.1. The van der Waals surface area contributed by atoms with E-state index in [2.05, 4.69) is 38.4 Å². The van der Waals surface area contributed by atoms with E-state index in [1.807, 2.05) is 0 Å². The summed E-state index contributed by atoms with van der Waals surface area (Å²) >= 11 is 1.76. The average Bonchev–Trinajstić information content (AvgIpc) is 2.94. The first-order valence-corrected chi connectivity index (χ1v) is 7.84. The highest BCUT2D eigenvalue weighted by atomic mass is 32.1. The number of nitrogens with zero attached hydrogens (tertiary/aromatic N) is 1. The molecule has 4 heteroatoms. The predicted octanol–water partition coefficient (Wildman–Crippen LogP) is 3.48. The lowest BCUT2D eigenvalue weighted by molar-refractivity contribution is 0.0319. The third kappa shape index (κ3) is 3.11. The predicted molar refractivity (Wildman–Crippen MR) is 76.2 cm³/mol. The summed E-state index contributed by atoms with van der Waals surface area (Å²) in [6.07, 6.45) is 2.97. The minimum Gasteiger partial charge on any atom is -0.373 e. The second-order valence-electron chi connectivity index (χ2n) is 5.36. The van der Waals surface area contributed by atoms with Crippen LogP contribution in [0.2, 0.25) is 0 Å². The van der Waals surface area contributed by atoms with Crippen LogP contribution in [-0.4, -0.2) is 23.7 Å². The molecule has 1 aromatic heterocycles. The molecule has 0 aromatic carbocycles. The number of rotatable bonds is 5. The highest BCUT2D eigenvalue weighted by molar-refractivity contribution is 7.09. The van der Waals surface area contributed by atoms with Crippen molar-refractivity contribution in [3.8, 4) is 0 Å². The van der Waals surface area contributed by atoms with E-state index in [0.29, 0.717) is 12.0 Å². The van der Waals surface area contributed by atoms with E-state index in [-0.39, 0.29) is 12.1 Å². The van der Waals surface area contributed by atoms with E-state index in [0.717, 1.165) is 19.4 Å². The SMILES string of the molecule is CCNC(c1nc(C(C)C)cs1)C1CCC(C)O1. The van der Waals surface area contributed by atoms with Gasteiger partial charge in [-0.3, -0.25) is 0 Å². The van der Waals surface area contributed by atoms with Gasteiger partial charge in [-0.15, -0.1) is 11.3 Å². The van der Waals surface area contributed by atoms with Gasteiger partial charge in [0.25, 0.3) is 0 Å². The van der Waals surface area contributed by atoms with Gasteiger partial charge in [0.05, 0.1) is 23.9 Å². The first kappa shape index (κ1) is 14.0. The minimum absolute atomic E-state index is 0.262. The van der Waals surface area contributed by atoms with E-state index in [1.54, 1.807) is 11.3 Å². The van der Waals surface area contributed by atoms with Gasteiger partial charge in [0.2, 0.25) is 0 Å². The Bertz CT molecular complexity index is 378. The monoisotopic (exact) mass is 268 g/mol. The van der Waals surface area contributed by atoms with Crippen molar-refractivity contribution in [2.24, 2.45) is 0 Å². The fourth-order valence-corrected chi connectivity index (χ4v) is 3.49. The minimum atomic E-state index is 0.262. The van der Waals surface area contributed by atoms with Crippen LogP contribution < -0.4 is 5.32 Å². The molecule has 1 saturated heterocycles. The number of ether oxygens (including phenoxy) is 1. The average molecular weight is 268 g/mol. The first-order valence-electron chi connectivity index (χ1n) is 6.96. The Morgan fingerprint density at radius 2 is 2.28 bits per heavy atom. The molecular formula is C14H24N2OS. The highest BCUT2D eigenvalue weighted by Crippen LogP contribution is 2.32.